The summed E-state index contributed by atoms with van der Waals surface area (Å²) in [6, 6.07) is 6.22. The van der Waals surface area contributed by atoms with Crippen molar-refractivity contribution in [1.29, 1.82) is 0 Å². The minimum Gasteiger partial charge on any atom is -0.493 e. The lowest BCUT2D eigenvalue weighted by molar-refractivity contribution is -0.131. The highest BCUT2D eigenvalue weighted by Crippen LogP contribution is 2.26. The fourth-order valence-electron chi connectivity index (χ4n) is 2.87. The molecule has 102 valence electrons. The Morgan fingerprint density at radius 3 is 3.21 bits per heavy atom. The highest BCUT2D eigenvalue weighted by atomic mass is 16.5. The van der Waals surface area contributed by atoms with Gasteiger partial charge >= 0.3 is 0 Å². The summed E-state index contributed by atoms with van der Waals surface area (Å²) >= 11 is 0. The molecule has 0 bridgehead atoms. The third kappa shape index (κ3) is 2.73. The summed E-state index contributed by atoms with van der Waals surface area (Å²) in [5, 5.41) is 0. The van der Waals surface area contributed by atoms with Gasteiger partial charge < -0.3 is 15.4 Å². The molecular formula is C15H20N2O2. The van der Waals surface area contributed by atoms with Gasteiger partial charge in [0, 0.05) is 25.6 Å². The van der Waals surface area contributed by atoms with Crippen LogP contribution in [0.3, 0.4) is 0 Å². The molecule has 1 fully saturated rings. The molecule has 1 saturated heterocycles. The maximum Gasteiger partial charge on any atom is 0.227 e. The monoisotopic (exact) mass is 260 g/mol. The van der Waals surface area contributed by atoms with Crippen molar-refractivity contribution in [2.24, 2.45) is 5.73 Å². The number of nitrogens with zero attached hydrogens (tertiary/aromatic N) is 1. The Hall–Kier alpha value is -1.55. The third-order valence-corrected chi connectivity index (χ3v) is 3.92. The molecule has 2 heterocycles. The van der Waals surface area contributed by atoms with Gasteiger partial charge in [-0.1, -0.05) is 12.1 Å². The maximum absolute atomic E-state index is 12.3. The molecule has 4 heteroatoms. The molecule has 0 saturated carbocycles. The number of fused-ring (bicyclic) bond motifs is 1. The van der Waals surface area contributed by atoms with Gasteiger partial charge in [0.2, 0.25) is 5.91 Å². The number of ether oxygens (including phenoxy) is 1. The van der Waals surface area contributed by atoms with E-state index in [0.29, 0.717) is 13.0 Å². The molecule has 4 nitrogen and oxygen atoms in total. The van der Waals surface area contributed by atoms with E-state index < -0.39 is 0 Å². The molecule has 19 heavy (non-hydrogen) atoms. The largest absolute Gasteiger partial charge is 0.493 e. The first-order valence-electron chi connectivity index (χ1n) is 7.00. The number of hydrogen-bond acceptors (Lipinski definition) is 3. The molecule has 1 amide bonds. The first-order valence-corrected chi connectivity index (χ1v) is 7.00. The van der Waals surface area contributed by atoms with Gasteiger partial charge in [-0.15, -0.1) is 0 Å². The average molecular weight is 260 g/mol. The van der Waals surface area contributed by atoms with Crippen LogP contribution in [-0.4, -0.2) is 36.5 Å². The topological polar surface area (TPSA) is 55.6 Å². The quantitative estimate of drug-likeness (QED) is 0.866. The van der Waals surface area contributed by atoms with Crippen LogP contribution in [0.25, 0.3) is 0 Å². The summed E-state index contributed by atoms with van der Waals surface area (Å²) in [4.78, 5) is 14.2. The van der Waals surface area contributed by atoms with Crippen LogP contribution in [0.1, 0.15) is 24.0 Å². The number of carbonyl (C=O) groups is 1. The van der Waals surface area contributed by atoms with Gasteiger partial charge in [-0.2, -0.15) is 0 Å². The van der Waals surface area contributed by atoms with E-state index in [2.05, 4.69) is 6.07 Å². The third-order valence-electron chi connectivity index (χ3n) is 3.92. The van der Waals surface area contributed by atoms with Crippen LogP contribution >= 0.6 is 0 Å². The normalized spacial score (nSPS) is 21.9. The molecule has 1 aromatic rings. The summed E-state index contributed by atoms with van der Waals surface area (Å²) in [6.07, 6.45) is 3.47. The molecule has 1 unspecified atom stereocenters. The van der Waals surface area contributed by atoms with Crippen LogP contribution < -0.4 is 10.5 Å². The van der Waals surface area contributed by atoms with Crippen LogP contribution in [0.2, 0.25) is 0 Å². The van der Waals surface area contributed by atoms with Crippen molar-refractivity contribution < 1.29 is 9.53 Å². The number of rotatable bonds is 2. The first kappa shape index (κ1) is 12.5. The second kappa shape index (κ2) is 5.21. The number of hydrogen-bond donors (Lipinski definition) is 1. The van der Waals surface area contributed by atoms with E-state index in [9.17, 15) is 4.79 Å². The van der Waals surface area contributed by atoms with E-state index in [1.54, 1.807) is 0 Å². The standard InChI is InChI=1S/C15H20N2O2/c16-13-2-1-6-17(10-13)15(18)9-11-3-4-14-12(8-11)5-7-19-14/h3-4,8,13H,1-2,5-7,9-10,16H2. The summed E-state index contributed by atoms with van der Waals surface area (Å²) in [7, 11) is 0. The highest BCUT2D eigenvalue weighted by Gasteiger charge is 2.21. The van der Waals surface area contributed by atoms with Crippen LogP contribution in [-0.2, 0) is 17.6 Å². The molecule has 1 atom stereocenters. The second-order valence-electron chi connectivity index (χ2n) is 5.46. The Bertz CT molecular complexity index is 487. The SMILES string of the molecule is NC1CCCN(C(=O)Cc2ccc3c(c2)CCO3)C1. The fraction of sp³-hybridized carbons (Fsp3) is 0.533. The molecule has 2 N–H and O–H groups in total. The van der Waals surface area contributed by atoms with E-state index >= 15 is 0 Å². The predicted molar refractivity (Wildman–Crippen MR) is 73.1 cm³/mol. The number of piperidine rings is 1. The van der Waals surface area contributed by atoms with Crippen molar-refractivity contribution in [3.63, 3.8) is 0 Å². The highest BCUT2D eigenvalue weighted by molar-refractivity contribution is 5.79. The van der Waals surface area contributed by atoms with E-state index in [4.69, 9.17) is 10.5 Å². The second-order valence-corrected chi connectivity index (χ2v) is 5.46. The summed E-state index contributed by atoms with van der Waals surface area (Å²) in [6.45, 7) is 2.31. The molecule has 0 aromatic heterocycles. The van der Waals surface area contributed by atoms with E-state index in [-0.39, 0.29) is 11.9 Å². The Balaban J connectivity index is 1.66. The Labute approximate surface area is 113 Å². The van der Waals surface area contributed by atoms with Crippen molar-refractivity contribution >= 4 is 5.91 Å². The Kier molecular flexibility index (Phi) is 3.42. The molecule has 0 aliphatic carbocycles. The minimum atomic E-state index is 0.145. The van der Waals surface area contributed by atoms with Gasteiger partial charge in [-0.25, -0.2) is 0 Å². The number of likely N-dealkylation sites (tertiary alicyclic amines) is 1. The van der Waals surface area contributed by atoms with Gasteiger partial charge in [0.1, 0.15) is 5.75 Å². The van der Waals surface area contributed by atoms with E-state index in [1.807, 2.05) is 17.0 Å². The number of benzene rings is 1. The zero-order chi connectivity index (χ0) is 13.2. The van der Waals surface area contributed by atoms with Gasteiger partial charge in [0.25, 0.3) is 0 Å². The molecule has 0 spiro atoms. The maximum atomic E-state index is 12.3. The molecule has 2 aliphatic rings. The summed E-state index contributed by atoms with van der Waals surface area (Å²) < 4.78 is 5.48. The van der Waals surface area contributed by atoms with Crippen molar-refractivity contribution in [2.45, 2.75) is 31.7 Å². The van der Waals surface area contributed by atoms with Crippen LogP contribution in [0.15, 0.2) is 18.2 Å². The fourth-order valence-corrected chi connectivity index (χ4v) is 2.87. The van der Waals surface area contributed by atoms with Gasteiger partial charge in [-0.05, 0) is 30.0 Å². The van der Waals surface area contributed by atoms with Crippen molar-refractivity contribution in [1.82, 2.24) is 4.90 Å². The molecule has 1 aromatic carbocycles. The Morgan fingerprint density at radius 2 is 2.37 bits per heavy atom. The molecule has 0 radical (unpaired) electrons. The molecule has 3 rings (SSSR count). The minimum absolute atomic E-state index is 0.145. The molecular weight excluding hydrogens is 240 g/mol. The first-order chi connectivity index (χ1) is 9.22. The van der Waals surface area contributed by atoms with Crippen molar-refractivity contribution in [2.75, 3.05) is 19.7 Å². The average Bonchev–Trinajstić information content (AvgIpc) is 2.86. The lowest BCUT2D eigenvalue weighted by Gasteiger charge is -2.30. The number of amides is 1. The van der Waals surface area contributed by atoms with Crippen molar-refractivity contribution in [3.05, 3.63) is 29.3 Å². The van der Waals surface area contributed by atoms with Crippen molar-refractivity contribution in [3.8, 4) is 5.75 Å². The van der Waals surface area contributed by atoms with E-state index in [0.717, 1.165) is 43.7 Å². The van der Waals surface area contributed by atoms with Gasteiger partial charge in [0.15, 0.2) is 0 Å². The lowest BCUT2D eigenvalue weighted by Crippen LogP contribution is -2.46. The molecule has 2 aliphatic heterocycles. The smallest absolute Gasteiger partial charge is 0.227 e. The predicted octanol–water partition coefficient (Wildman–Crippen LogP) is 1.11. The van der Waals surface area contributed by atoms with Gasteiger partial charge in [0.05, 0.1) is 13.0 Å². The number of nitrogens with two attached hydrogens (primary N) is 1. The zero-order valence-corrected chi connectivity index (χ0v) is 11.1. The number of carbonyl (C=O) groups excluding carboxylic acids is 1. The van der Waals surface area contributed by atoms with Crippen LogP contribution in [0, 0.1) is 0 Å². The zero-order valence-electron chi connectivity index (χ0n) is 11.1. The van der Waals surface area contributed by atoms with Crippen LogP contribution in [0.5, 0.6) is 5.75 Å². The Morgan fingerprint density at radius 1 is 1.47 bits per heavy atom. The van der Waals surface area contributed by atoms with E-state index in [1.165, 1.54) is 5.56 Å². The lowest BCUT2D eigenvalue weighted by atomic mass is 10.0. The van der Waals surface area contributed by atoms with Gasteiger partial charge in [-0.3, -0.25) is 4.79 Å². The summed E-state index contributed by atoms with van der Waals surface area (Å²) in [5.41, 5.74) is 8.22. The summed E-state index contributed by atoms with van der Waals surface area (Å²) in [5.74, 6) is 1.16. The van der Waals surface area contributed by atoms with Crippen LogP contribution in [0.4, 0.5) is 0 Å².